The molecule has 1 aromatic carbocycles. The molecule has 0 aliphatic rings. The van der Waals surface area contributed by atoms with Crippen LogP contribution in [0.2, 0.25) is 0 Å². The Hall–Kier alpha value is -3.03. The fourth-order valence-corrected chi connectivity index (χ4v) is 2.52. The first kappa shape index (κ1) is 22.3. The van der Waals surface area contributed by atoms with Crippen molar-refractivity contribution in [3.05, 3.63) is 40.2 Å². The molecule has 8 heteroatoms. The minimum atomic E-state index is -0.508. The van der Waals surface area contributed by atoms with Gasteiger partial charge in [0, 0.05) is 19.5 Å². The molecule has 158 valence electrons. The second-order valence-corrected chi connectivity index (χ2v) is 7.64. The number of hydrogen-bond acceptors (Lipinski definition) is 6. The Labute approximate surface area is 169 Å². The number of hydrogen-bond donors (Lipinski definition) is 2. The summed E-state index contributed by atoms with van der Waals surface area (Å²) in [7, 11) is 0. The Morgan fingerprint density at radius 1 is 1.14 bits per heavy atom. The van der Waals surface area contributed by atoms with Crippen molar-refractivity contribution in [2.24, 2.45) is 0 Å². The standard InChI is InChI=1S/C21H28N2O6/c1-14(24)28-13-16-11-15-7-8-17(12-18(15)23-19(16)25)27-10-6-5-9-22-20(26)29-21(2,3)4/h7-8,11-12H,5-6,9-10,13H2,1-4H3,(H,22,26)(H,23,25). The largest absolute Gasteiger partial charge is 0.494 e. The average Bonchev–Trinajstić information content (AvgIpc) is 2.61. The van der Waals surface area contributed by atoms with Crippen molar-refractivity contribution in [2.45, 2.75) is 52.7 Å². The number of aromatic amines is 1. The molecule has 0 saturated carbocycles. The maximum atomic E-state index is 12.1. The molecule has 1 amide bonds. The first-order valence-corrected chi connectivity index (χ1v) is 9.53. The topological polar surface area (TPSA) is 107 Å². The quantitative estimate of drug-likeness (QED) is 0.517. The summed E-state index contributed by atoms with van der Waals surface area (Å²) in [5.74, 6) is 0.204. The van der Waals surface area contributed by atoms with E-state index in [9.17, 15) is 14.4 Å². The van der Waals surface area contributed by atoms with Crippen molar-refractivity contribution >= 4 is 23.0 Å². The molecule has 0 unspecified atom stereocenters. The summed E-state index contributed by atoms with van der Waals surface area (Å²) in [5, 5.41) is 3.52. The molecular formula is C21H28N2O6. The second kappa shape index (κ2) is 9.95. The Morgan fingerprint density at radius 2 is 1.90 bits per heavy atom. The number of amides is 1. The number of alkyl carbamates (subject to hydrolysis) is 1. The summed E-state index contributed by atoms with van der Waals surface area (Å²) in [4.78, 5) is 37.3. The van der Waals surface area contributed by atoms with Gasteiger partial charge in [0.2, 0.25) is 0 Å². The maximum Gasteiger partial charge on any atom is 0.407 e. The molecule has 0 saturated heterocycles. The summed E-state index contributed by atoms with van der Waals surface area (Å²) < 4.78 is 15.8. The number of pyridine rings is 1. The maximum absolute atomic E-state index is 12.1. The normalized spacial score (nSPS) is 11.2. The summed E-state index contributed by atoms with van der Waals surface area (Å²) in [6.07, 6.45) is 1.08. The van der Waals surface area contributed by atoms with E-state index in [1.54, 1.807) is 12.1 Å². The number of unbranched alkanes of at least 4 members (excludes halogenated alkanes) is 1. The molecule has 1 heterocycles. The summed E-state index contributed by atoms with van der Waals surface area (Å²) in [5.41, 5.74) is 0.222. The number of rotatable bonds is 8. The molecule has 2 rings (SSSR count). The van der Waals surface area contributed by atoms with Crippen LogP contribution in [0.5, 0.6) is 5.75 Å². The number of nitrogens with one attached hydrogen (secondary N) is 2. The van der Waals surface area contributed by atoms with Gasteiger partial charge in [-0.25, -0.2) is 4.79 Å². The molecule has 2 N–H and O–H groups in total. The van der Waals surface area contributed by atoms with E-state index in [4.69, 9.17) is 14.2 Å². The van der Waals surface area contributed by atoms with Gasteiger partial charge in [0.25, 0.3) is 5.56 Å². The summed E-state index contributed by atoms with van der Waals surface area (Å²) in [6.45, 7) is 7.68. The van der Waals surface area contributed by atoms with Gasteiger partial charge < -0.3 is 24.5 Å². The lowest BCUT2D eigenvalue weighted by Crippen LogP contribution is -2.33. The molecule has 1 aromatic heterocycles. The van der Waals surface area contributed by atoms with Crippen LogP contribution in [0.25, 0.3) is 10.9 Å². The van der Waals surface area contributed by atoms with E-state index >= 15 is 0 Å². The van der Waals surface area contributed by atoms with Gasteiger partial charge in [-0.15, -0.1) is 0 Å². The predicted molar refractivity (Wildman–Crippen MR) is 109 cm³/mol. The van der Waals surface area contributed by atoms with Crippen molar-refractivity contribution in [3.63, 3.8) is 0 Å². The highest BCUT2D eigenvalue weighted by molar-refractivity contribution is 5.80. The third kappa shape index (κ3) is 7.85. The Morgan fingerprint density at radius 3 is 2.59 bits per heavy atom. The third-order valence-electron chi connectivity index (χ3n) is 3.83. The fourth-order valence-electron chi connectivity index (χ4n) is 2.52. The molecule has 0 spiro atoms. The second-order valence-electron chi connectivity index (χ2n) is 7.64. The lowest BCUT2D eigenvalue weighted by atomic mass is 10.1. The molecule has 29 heavy (non-hydrogen) atoms. The fraction of sp³-hybridized carbons (Fsp3) is 0.476. The lowest BCUT2D eigenvalue weighted by molar-refractivity contribution is -0.142. The lowest BCUT2D eigenvalue weighted by Gasteiger charge is -2.19. The molecule has 0 atom stereocenters. The molecule has 0 fully saturated rings. The van der Waals surface area contributed by atoms with E-state index in [2.05, 4.69) is 10.3 Å². The molecule has 0 bridgehead atoms. The summed E-state index contributed by atoms with van der Waals surface area (Å²) in [6, 6.07) is 7.10. The van der Waals surface area contributed by atoms with Crippen LogP contribution in [0.15, 0.2) is 29.1 Å². The predicted octanol–water partition coefficient (Wildman–Crippen LogP) is 3.27. The minimum absolute atomic E-state index is 0.0593. The van der Waals surface area contributed by atoms with Crippen LogP contribution < -0.4 is 15.6 Å². The van der Waals surface area contributed by atoms with Crippen LogP contribution in [0.1, 0.15) is 46.1 Å². The zero-order valence-electron chi connectivity index (χ0n) is 17.3. The van der Waals surface area contributed by atoms with E-state index in [1.165, 1.54) is 6.92 Å². The summed E-state index contributed by atoms with van der Waals surface area (Å²) >= 11 is 0. The molecule has 8 nitrogen and oxygen atoms in total. The molecule has 0 radical (unpaired) electrons. The third-order valence-corrected chi connectivity index (χ3v) is 3.83. The SMILES string of the molecule is CC(=O)OCc1cc2ccc(OCCCCNC(=O)OC(C)(C)C)cc2[nH]c1=O. The Kier molecular flexibility index (Phi) is 7.64. The van der Waals surface area contributed by atoms with E-state index in [-0.39, 0.29) is 12.2 Å². The first-order chi connectivity index (χ1) is 13.6. The van der Waals surface area contributed by atoms with Gasteiger partial charge in [-0.1, -0.05) is 0 Å². The van der Waals surface area contributed by atoms with Crippen LogP contribution in [0, 0.1) is 0 Å². The number of fused-ring (bicyclic) bond motifs is 1. The van der Waals surface area contributed by atoms with E-state index in [0.29, 0.717) is 30.0 Å². The number of ether oxygens (including phenoxy) is 3. The van der Waals surface area contributed by atoms with Gasteiger partial charge in [0.05, 0.1) is 17.7 Å². The van der Waals surface area contributed by atoms with Gasteiger partial charge in [-0.2, -0.15) is 0 Å². The number of H-pyrrole nitrogens is 1. The van der Waals surface area contributed by atoms with Crippen LogP contribution in [-0.2, 0) is 20.9 Å². The van der Waals surface area contributed by atoms with E-state index in [1.807, 2.05) is 32.9 Å². The van der Waals surface area contributed by atoms with E-state index < -0.39 is 17.7 Å². The minimum Gasteiger partial charge on any atom is -0.494 e. The first-order valence-electron chi connectivity index (χ1n) is 9.53. The van der Waals surface area contributed by atoms with Crippen molar-refractivity contribution in [1.29, 1.82) is 0 Å². The molecule has 0 aliphatic heterocycles. The highest BCUT2D eigenvalue weighted by Crippen LogP contribution is 2.19. The Bertz CT molecular complexity index is 914. The van der Waals surface area contributed by atoms with Gasteiger partial charge in [-0.05, 0) is 57.2 Å². The number of esters is 1. The van der Waals surface area contributed by atoms with Crippen LogP contribution >= 0.6 is 0 Å². The smallest absolute Gasteiger partial charge is 0.407 e. The van der Waals surface area contributed by atoms with Gasteiger partial charge >= 0.3 is 12.1 Å². The van der Waals surface area contributed by atoms with Crippen molar-refractivity contribution in [2.75, 3.05) is 13.2 Å². The highest BCUT2D eigenvalue weighted by Gasteiger charge is 2.15. The van der Waals surface area contributed by atoms with Gasteiger partial charge in [-0.3, -0.25) is 9.59 Å². The monoisotopic (exact) mass is 404 g/mol. The average molecular weight is 404 g/mol. The highest BCUT2D eigenvalue weighted by atomic mass is 16.6. The van der Waals surface area contributed by atoms with Crippen LogP contribution in [0.3, 0.4) is 0 Å². The zero-order valence-corrected chi connectivity index (χ0v) is 17.3. The molecular weight excluding hydrogens is 376 g/mol. The molecule has 2 aromatic rings. The number of carbonyl (C=O) groups excluding carboxylic acids is 2. The molecule has 0 aliphatic carbocycles. The van der Waals surface area contributed by atoms with E-state index in [0.717, 1.165) is 18.2 Å². The number of benzene rings is 1. The van der Waals surface area contributed by atoms with Gasteiger partial charge in [0.15, 0.2) is 0 Å². The Balaban J connectivity index is 1.80. The zero-order chi connectivity index (χ0) is 21.4. The van der Waals surface area contributed by atoms with Gasteiger partial charge in [0.1, 0.15) is 18.0 Å². The van der Waals surface area contributed by atoms with Crippen molar-refractivity contribution in [1.82, 2.24) is 10.3 Å². The number of aromatic nitrogens is 1. The van der Waals surface area contributed by atoms with Crippen molar-refractivity contribution in [3.8, 4) is 5.75 Å². The van der Waals surface area contributed by atoms with Crippen LogP contribution in [-0.4, -0.2) is 35.8 Å². The number of carbonyl (C=O) groups is 2. The van der Waals surface area contributed by atoms with Crippen LogP contribution in [0.4, 0.5) is 4.79 Å². The van der Waals surface area contributed by atoms with Crippen molar-refractivity contribution < 1.29 is 23.8 Å².